The van der Waals surface area contributed by atoms with E-state index in [4.69, 9.17) is 19.7 Å². The zero-order chi connectivity index (χ0) is 24.0. The van der Waals surface area contributed by atoms with Crippen molar-refractivity contribution in [3.8, 4) is 0 Å². The quantitative estimate of drug-likeness (QED) is 0.198. The molecule has 2 heterocycles. The van der Waals surface area contributed by atoms with Crippen molar-refractivity contribution in [2.45, 2.75) is 50.6 Å². The number of likely N-dealkylation sites (tertiary alicyclic amines) is 2. The molecule has 174 valence electrons. The molecule has 0 aliphatic carbocycles. The smallest absolute Gasteiger partial charge is 0.330 e. The molecule has 0 aromatic carbocycles. The van der Waals surface area contributed by atoms with E-state index in [0.29, 0.717) is 9.80 Å². The van der Waals surface area contributed by atoms with E-state index in [-0.39, 0.29) is 25.7 Å². The fourth-order valence-corrected chi connectivity index (χ4v) is 3.25. The van der Waals surface area contributed by atoms with Crippen LogP contribution in [0.2, 0.25) is 0 Å². The van der Waals surface area contributed by atoms with Crippen LogP contribution in [0.4, 0.5) is 0 Å². The summed E-state index contributed by atoms with van der Waals surface area (Å²) in [6.45, 7) is -1.23. The summed E-state index contributed by atoms with van der Waals surface area (Å²) in [5, 5.41) is 17.9. The minimum atomic E-state index is -1.69. The Hall–Kier alpha value is -3.84. The minimum absolute atomic E-state index is 0.168. The molecule has 2 unspecified atom stereocenters. The average molecular weight is 456 g/mol. The molecule has 0 aromatic heterocycles. The summed E-state index contributed by atoms with van der Waals surface area (Å²) in [5.74, 6) is -8.22. The monoisotopic (exact) mass is 456 g/mol. The van der Waals surface area contributed by atoms with Crippen LogP contribution in [-0.4, -0.2) is 92.8 Å². The highest BCUT2D eigenvalue weighted by atomic mass is 16.6. The first-order valence-electron chi connectivity index (χ1n) is 9.49. The summed E-state index contributed by atoms with van der Waals surface area (Å²) in [6, 6.07) is -3.38. The highest BCUT2D eigenvalue weighted by Gasteiger charge is 2.42. The van der Waals surface area contributed by atoms with Crippen LogP contribution in [0.1, 0.15) is 38.5 Å². The Kier molecular flexibility index (Phi) is 7.98. The highest BCUT2D eigenvalue weighted by Crippen LogP contribution is 2.20. The van der Waals surface area contributed by atoms with Crippen molar-refractivity contribution in [3.05, 3.63) is 0 Å². The Bertz CT molecular complexity index is 764. The van der Waals surface area contributed by atoms with E-state index >= 15 is 0 Å². The van der Waals surface area contributed by atoms with Gasteiger partial charge in [-0.05, 0) is 0 Å². The van der Waals surface area contributed by atoms with Crippen molar-refractivity contribution in [2.75, 3.05) is 13.2 Å². The number of nitrogens with zero attached hydrogens (tertiary/aromatic N) is 2. The van der Waals surface area contributed by atoms with Crippen molar-refractivity contribution in [1.82, 2.24) is 9.80 Å². The molecule has 14 heteroatoms. The number of carbonyl (C=O) groups excluding carboxylic acids is 6. The van der Waals surface area contributed by atoms with Crippen LogP contribution in [0, 0.1) is 0 Å². The molecule has 4 amide bonds. The molecule has 32 heavy (non-hydrogen) atoms. The number of imide groups is 2. The lowest BCUT2D eigenvalue weighted by molar-refractivity contribution is -0.166. The molecule has 2 aliphatic heterocycles. The van der Waals surface area contributed by atoms with E-state index in [1.54, 1.807) is 0 Å². The van der Waals surface area contributed by atoms with Crippen LogP contribution in [0.5, 0.6) is 0 Å². The Morgan fingerprint density at radius 2 is 0.938 bits per heavy atom. The van der Waals surface area contributed by atoms with Gasteiger partial charge in [0.1, 0.15) is 25.3 Å². The standard InChI is InChI=1S/C18H20N2O12/c21-11-1-2-12(22)19(11)9(7-15(25)26)17(29)31-5-6-32-18(30)10(8-16(27)28)20-13(23)3-4-14(20)24/h9-10H,1-8H2,(H,25,26)(H,27,28). The van der Waals surface area contributed by atoms with Gasteiger partial charge >= 0.3 is 23.9 Å². The zero-order valence-corrected chi connectivity index (χ0v) is 16.7. The van der Waals surface area contributed by atoms with Crippen LogP contribution in [0.3, 0.4) is 0 Å². The van der Waals surface area contributed by atoms with Crippen LogP contribution in [0.15, 0.2) is 0 Å². The van der Waals surface area contributed by atoms with Gasteiger partial charge in [-0.3, -0.25) is 38.6 Å². The second-order valence-electron chi connectivity index (χ2n) is 6.88. The topological polar surface area (TPSA) is 202 Å². The van der Waals surface area contributed by atoms with Crippen LogP contribution in [-0.2, 0) is 47.8 Å². The van der Waals surface area contributed by atoms with Gasteiger partial charge in [0.15, 0.2) is 0 Å². The fourth-order valence-electron chi connectivity index (χ4n) is 3.25. The van der Waals surface area contributed by atoms with Gasteiger partial charge in [0.05, 0.1) is 12.8 Å². The van der Waals surface area contributed by atoms with E-state index in [0.717, 1.165) is 0 Å². The van der Waals surface area contributed by atoms with Gasteiger partial charge in [0.2, 0.25) is 23.6 Å². The Labute approximate surface area is 180 Å². The van der Waals surface area contributed by atoms with Crippen LogP contribution in [0.25, 0.3) is 0 Å². The van der Waals surface area contributed by atoms with E-state index in [1.165, 1.54) is 0 Å². The van der Waals surface area contributed by atoms with Crippen molar-refractivity contribution >= 4 is 47.5 Å². The maximum atomic E-state index is 12.2. The Morgan fingerprint density at radius 3 is 1.19 bits per heavy atom. The van der Waals surface area contributed by atoms with Gasteiger partial charge in [0.25, 0.3) is 0 Å². The first-order chi connectivity index (χ1) is 15.0. The number of ether oxygens (including phenoxy) is 2. The lowest BCUT2D eigenvalue weighted by Crippen LogP contribution is -2.47. The summed E-state index contributed by atoms with van der Waals surface area (Å²) in [7, 11) is 0. The molecule has 2 atom stereocenters. The van der Waals surface area contributed by atoms with E-state index in [9.17, 15) is 38.4 Å². The summed E-state index contributed by atoms with van der Waals surface area (Å²) in [4.78, 5) is 94.7. The Balaban J connectivity index is 1.94. The number of carboxylic acid groups (broad SMARTS) is 2. The second-order valence-corrected chi connectivity index (χ2v) is 6.88. The van der Waals surface area contributed by atoms with Gasteiger partial charge in [-0.1, -0.05) is 0 Å². The molecule has 0 radical (unpaired) electrons. The van der Waals surface area contributed by atoms with E-state index in [1.807, 2.05) is 0 Å². The number of amides is 4. The first-order valence-corrected chi connectivity index (χ1v) is 9.49. The normalized spacial score (nSPS) is 18.0. The zero-order valence-electron chi connectivity index (χ0n) is 16.7. The number of carbonyl (C=O) groups is 8. The van der Waals surface area contributed by atoms with E-state index in [2.05, 4.69) is 0 Å². The van der Waals surface area contributed by atoms with Crippen molar-refractivity contribution in [1.29, 1.82) is 0 Å². The molecular formula is C18H20N2O12. The molecule has 2 fully saturated rings. The number of carboxylic acids is 2. The van der Waals surface area contributed by atoms with Crippen molar-refractivity contribution < 1.29 is 58.0 Å². The summed E-state index contributed by atoms with van der Waals surface area (Å²) < 4.78 is 9.61. The van der Waals surface area contributed by atoms with Crippen molar-refractivity contribution in [3.63, 3.8) is 0 Å². The highest BCUT2D eigenvalue weighted by molar-refractivity contribution is 6.06. The van der Waals surface area contributed by atoms with Gasteiger partial charge in [-0.15, -0.1) is 0 Å². The van der Waals surface area contributed by atoms with Gasteiger partial charge in [-0.25, -0.2) is 9.59 Å². The predicted octanol–water partition coefficient (Wildman–Crippen LogP) is -1.94. The van der Waals surface area contributed by atoms with Gasteiger partial charge in [-0.2, -0.15) is 0 Å². The first kappa shape index (κ1) is 24.4. The minimum Gasteiger partial charge on any atom is -0.481 e. The van der Waals surface area contributed by atoms with Crippen LogP contribution >= 0.6 is 0 Å². The van der Waals surface area contributed by atoms with Gasteiger partial charge in [0, 0.05) is 25.7 Å². The largest absolute Gasteiger partial charge is 0.481 e. The number of hydrogen-bond acceptors (Lipinski definition) is 10. The second kappa shape index (κ2) is 10.5. The number of rotatable bonds is 11. The molecule has 0 spiro atoms. The van der Waals surface area contributed by atoms with Crippen molar-refractivity contribution in [2.24, 2.45) is 0 Å². The third-order valence-electron chi connectivity index (χ3n) is 4.66. The maximum Gasteiger partial charge on any atom is 0.330 e. The molecule has 2 N–H and O–H groups in total. The van der Waals surface area contributed by atoms with Gasteiger partial charge < -0.3 is 19.7 Å². The summed E-state index contributed by atoms with van der Waals surface area (Å²) >= 11 is 0. The molecular weight excluding hydrogens is 436 g/mol. The molecule has 2 saturated heterocycles. The Morgan fingerprint density at radius 1 is 0.656 bits per heavy atom. The summed E-state index contributed by atoms with van der Waals surface area (Å²) in [6.07, 6.45) is -2.43. The maximum absolute atomic E-state index is 12.2. The van der Waals surface area contributed by atoms with Crippen LogP contribution < -0.4 is 0 Å². The molecule has 0 bridgehead atoms. The average Bonchev–Trinajstić information content (AvgIpc) is 3.21. The number of hydrogen-bond donors (Lipinski definition) is 2. The SMILES string of the molecule is O=C(O)CC(C(=O)OCCOC(=O)C(CC(=O)O)N1C(=O)CCC1=O)N1C(=O)CCC1=O. The molecule has 2 aliphatic rings. The molecule has 0 aromatic rings. The third kappa shape index (κ3) is 5.86. The molecule has 2 rings (SSSR count). The number of esters is 2. The predicted molar refractivity (Wildman–Crippen MR) is 96.2 cm³/mol. The summed E-state index contributed by atoms with van der Waals surface area (Å²) in [5.41, 5.74) is 0. The lowest BCUT2D eigenvalue weighted by atomic mass is 10.2. The third-order valence-corrected chi connectivity index (χ3v) is 4.66. The lowest BCUT2D eigenvalue weighted by Gasteiger charge is -2.24. The fraction of sp³-hybridized carbons (Fsp3) is 0.556. The number of aliphatic carboxylic acids is 2. The van der Waals surface area contributed by atoms with E-state index < -0.39 is 85.6 Å². The molecule has 14 nitrogen and oxygen atoms in total. The molecule has 0 saturated carbocycles.